The molecule has 21 heavy (non-hydrogen) atoms. The minimum Gasteiger partial charge on any atom is -0.458 e. The summed E-state index contributed by atoms with van der Waals surface area (Å²) < 4.78 is 25.2. The van der Waals surface area contributed by atoms with Gasteiger partial charge in [-0.1, -0.05) is 18.2 Å². The van der Waals surface area contributed by atoms with Crippen LogP contribution in [0.5, 0.6) is 0 Å². The molecule has 1 aromatic rings. The minimum absolute atomic E-state index is 0.217. The first kappa shape index (κ1) is 13.7. The molecule has 0 aliphatic carbocycles. The molecule has 1 saturated heterocycles. The molecular weight excluding hydrogens is 277 g/mol. The first-order valence-electron chi connectivity index (χ1n) is 6.94. The molecule has 0 bridgehead atoms. The zero-order chi connectivity index (χ0) is 16.1. The van der Waals surface area contributed by atoms with Crippen molar-refractivity contribution in [2.24, 2.45) is 5.73 Å². The molecule has 2 unspecified atom stereocenters. The fraction of sp³-hybridized carbons (Fsp3) is 0.357. The van der Waals surface area contributed by atoms with E-state index < -0.39 is 24.0 Å². The van der Waals surface area contributed by atoms with Crippen molar-refractivity contribution in [2.45, 2.75) is 25.0 Å². The summed E-state index contributed by atoms with van der Waals surface area (Å²) in [5, 5.41) is 2.78. The molecule has 0 radical (unpaired) electrons. The van der Waals surface area contributed by atoms with Crippen molar-refractivity contribution >= 4 is 18.1 Å². The summed E-state index contributed by atoms with van der Waals surface area (Å²) in [4.78, 5) is 24.5. The Hall–Kier alpha value is -2.28. The number of amides is 1. The van der Waals surface area contributed by atoms with Crippen LogP contribution in [0.1, 0.15) is 24.4 Å². The van der Waals surface area contributed by atoms with Gasteiger partial charge >= 0.3 is 5.97 Å². The van der Waals surface area contributed by atoms with Gasteiger partial charge in [-0.05, 0) is 12.5 Å². The molecule has 1 fully saturated rings. The number of carbonyl (C=O) groups excluding carboxylic acids is 2. The predicted octanol–water partition coefficient (Wildman–Crippen LogP) is 0.967. The van der Waals surface area contributed by atoms with Crippen LogP contribution >= 0.6 is 0 Å². The smallest absolute Gasteiger partial charge is 0.348 e. The Kier molecular flexibility index (Phi) is 4.20. The third-order valence-corrected chi connectivity index (χ3v) is 3.38. The number of nitrogens with two attached hydrogens (primary N) is 1. The number of likely N-dealkylation sites (tertiary alicyclic amines) is 1. The minimum atomic E-state index is -0.886. The maximum atomic E-state index is 13.9. The summed E-state index contributed by atoms with van der Waals surface area (Å²) in [6.07, 6.45) is 0.514. The molecule has 3 N–H and O–H groups in total. The van der Waals surface area contributed by atoms with Crippen molar-refractivity contribution in [3.8, 4) is 0 Å². The zero-order valence-corrected chi connectivity index (χ0v) is 11.2. The lowest BCUT2D eigenvalue weighted by Crippen LogP contribution is -2.47. The standard InChI is InChI=1S/C14H16FN3O3/c15-10-4-2-1-3-9(10)11-5-6-13(19)18(11)12(17)8-21-14(20)7-16/h1-4,7,11-12,16H,5-6,8,17H2/b16-7-. The van der Waals surface area contributed by atoms with Gasteiger partial charge in [0.25, 0.3) is 0 Å². The number of ether oxygens (including phenoxy) is 1. The number of nitrogens with zero attached hydrogens (tertiary/aromatic N) is 1. The Morgan fingerprint density at radius 1 is 1.67 bits per heavy atom. The van der Waals surface area contributed by atoms with Crippen LogP contribution in [-0.4, -0.2) is 35.8 Å². The van der Waals surface area contributed by atoms with Crippen LogP contribution in [0.4, 0.5) is 4.39 Å². The molecule has 0 saturated carbocycles. The Morgan fingerprint density at radius 2 is 2.43 bits per heavy atom. The molecule has 2 atom stereocenters. The van der Waals surface area contributed by atoms with E-state index in [1.807, 2.05) is 0 Å². The average Bonchev–Trinajstić information content (AvgIpc) is 2.87. The molecule has 0 aromatic heterocycles. The predicted molar refractivity (Wildman–Crippen MR) is 72.9 cm³/mol. The van der Waals surface area contributed by atoms with Gasteiger partial charge in [0, 0.05) is 12.0 Å². The molecule has 1 amide bonds. The molecule has 1 aliphatic heterocycles. The highest BCUT2D eigenvalue weighted by Gasteiger charge is 2.37. The van der Waals surface area contributed by atoms with Crippen LogP contribution in [0.25, 0.3) is 0 Å². The van der Waals surface area contributed by atoms with Gasteiger partial charge in [0.05, 0.1) is 6.04 Å². The number of benzene rings is 1. The van der Waals surface area contributed by atoms with E-state index in [-0.39, 0.29) is 18.9 Å². The first-order valence-corrected chi connectivity index (χ1v) is 6.50. The van der Waals surface area contributed by atoms with Crippen molar-refractivity contribution in [2.75, 3.05) is 6.61 Å². The maximum absolute atomic E-state index is 13.9. The quantitative estimate of drug-likeness (QED) is 0.624. The van der Waals surface area contributed by atoms with Gasteiger partial charge in [-0.2, -0.15) is 0 Å². The van der Waals surface area contributed by atoms with Crippen LogP contribution in [0, 0.1) is 11.2 Å². The number of nitrogens with one attached hydrogen (secondary N) is 1. The van der Waals surface area contributed by atoms with Gasteiger partial charge in [-0.3, -0.25) is 4.79 Å². The van der Waals surface area contributed by atoms with E-state index >= 15 is 0 Å². The van der Waals surface area contributed by atoms with Crippen LogP contribution < -0.4 is 5.73 Å². The van der Waals surface area contributed by atoms with E-state index in [0.29, 0.717) is 18.2 Å². The van der Waals surface area contributed by atoms with Gasteiger partial charge < -0.3 is 20.8 Å². The monoisotopic (exact) mass is 293 g/mol. The second-order valence-corrected chi connectivity index (χ2v) is 4.70. The number of hydrogen-bond donors (Lipinski definition) is 2. The summed E-state index contributed by atoms with van der Waals surface area (Å²) in [5.74, 6) is -1.44. The molecule has 1 aromatic carbocycles. The van der Waals surface area contributed by atoms with Crippen molar-refractivity contribution < 1.29 is 20.1 Å². The number of carbonyl (C=O) groups is 2. The molecule has 7 heteroatoms. The topological polar surface area (TPSA) is 96.5 Å². The molecule has 1 heterocycles. The summed E-state index contributed by atoms with van der Waals surface area (Å²) in [5.41, 5.74) is 6.30. The fourth-order valence-electron chi connectivity index (χ4n) is 2.45. The second-order valence-electron chi connectivity index (χ2n) is 4.70. The molecule has 2 rings (SSSR count). The highest BCUT2D eigenvalue weighted by molar-refractivity contribution is 6.21. The number of hydrogen-bond acceptors (Lipinski definition) is 5. The van der Waals surface area contributed by atoms with Gasteiger partial charge in [0.15, 0.2) is 1.41 Å². The molecule has 6 nitrogen and oxygen atoms in total. The Labute approximate surface area is 122 Å². The van der Waals surface area contributed by atoms with Crippen molar-refractivity contribution in [3.05, 3.63) is 35.6 Å². The maximum Gasteiger partial charge on any atom is 0.348 e. The normalized spacial score (nSPS) is 20.7. The van der Waals surface area contributed by atoms with E-state index in [2.05, 4.69) is 5.40 Å². The zero-order valence-electron chi connectivity index (χ0n) is 12.2. The summed E-state index contributed by atoms with van der Waals surface area (Å²) in [7, 11) is 0. The van der Waals surface area contributed by atoms with E-state index in [9.17, 15) is 14.0 Å². The van der Waals surface area contributed by atoms with Crippen LogP contribution in [0.15, 0.2) is 24.3 Å². The number of rotatable bonds is 5. The van der Waals surface area contributed by atoms with Crippen molar-refractivity contribution in [1.82, 2.24) is 4.90 Å². The Morgan fingerprint density at radius 3 is 3.14 bits per heavy atom. The highest BCUT2D eigenvalue weighted by atomic mass is 19.1. The largest absolute Gasteiger partial charge is 0.458 e. The van der Waals surface area contributed by atoms with Gasteiger partial charge in [-0.25, -0.2) is 9.18 Å². The molecule has 0 spiro atoms. The van der Waals surface area contributed by atoms with Crippen molar-refractivity contribution in [1.29, 1.82) is 5.40 Å². The first-order chi connectivity index (χ1) is 10.5. The number of esters is 1. The van der Waals surface area contributed by atoms with Crippen LogP contribution in [0.3, 0.4) is 0 Å². The molecule has 112 valence electrons. The van der Waals surface area contributed by atoms with Gasteiger partial charge in [0.1, 0.15) is 24.8 Å². The Bertz CT molecular complexity index is 596. The van der Waals surface area contributed by atoms with E-state index in [4.69, 9.17) is 11.9 Å². The van der Waals surface area contributed by atoms with E-state index in [0.717, 1.165) is 0 Å². The van der Waals surface area contributed by atoms with Gasteiger partial charge in [0.2, 0.25) is 5.91 Å². The summed E-state index contributed by atoms with van der Waals surface area (Å²) in [6.45, 7) is -0.248. The lowest BCUT2D eigenvalue weighted by atomic mass is 10.0. The van der Waals surface area contributed by atoms with E-state index in [1.165, 1.54) is 11.0 Å². The summed E-state index contributed by atoms with van der Waals surface area (Å²) >= 11 is 0. The van der Waals surface area contributed by atoms with E-state index in [1.54, 1.807) is 18.2 Å². The SMILES string of the molecule is [H]/N=C\C(=O)OCC(N)N1C(=O)CCC1c1ccccc1F. The van der Waals surface area contributed by atoms with Crippen LogP contribution in [0.2, 0.25) is 1.41 Å². The average molecular weight is 293 g/mol. The lowest BCUT2D eigenvalue weighted by Gasteiger charge is -2.30. The van der Waals surface area contributed by atoms with Gasteiger partial charge in [-0.15, -0.1) is 0 Å². The highest BCUT2D eigenvalue weighted by Crippen LogP contribution is 2.34. The van der Waals surface area contributed by atoms with Crippen LogP contribution in [-0.2, 0) is 14.3 Å². The second kappa shape index (κ2) is 6.45. The molecule has 1 aliphatic rings. The Balaban J connectivity index is 2.11. The molecular formula is C14H16FN3O3. The third kappa shape index (κ3) is 3.25. The fourth-order valence-corrected chi connectivity index (χ4v) is 2.45. The van der Waals surface area contributed by atoms with Crippen molar-refractivity contribution in [3.63, 3.8) is 0 Å². The third-order valence-electron chi connectivity index (χ3n) is 3.38. The number of halogens is 1. The summed E-state index contributed by atoms with van der Waals surface area (Å²) in [6, 6.07) is 5.72. The lowest BCUT2D eigenvalue weighted by molar-refractivity contribution is -0.141.